The first-order valence-corrected chi connectivity index (χ1v) is 4.70. The number of nitrogens with zero attached hydrogens (tertiary/aromatic N) is 3. The normalized spacial score (nSPS) is 10.9. The van der Waals surface area contributed by atoms with Gasteiger partial charge >= 0.3 is 0 Å². The SMILES string of the molecule is c1cnc2c(Cc3ccn[nH]3)[nH]nc2c1. The molecule has 5 nitrogen and oxygen atoms in total. The minimum Gasteiger partial charge on any atom is -0.282 e. The fourth-order valence-corrected chi connectivity index (χ4v) is 1.60. The summed E-state index contributed by atoms with van der Waals surface area (Å²) in [5, 5.41) is 14.0. The molecule has 0 bridgehead atoms. The highest BCUT2D eigenvalue weighted by molar-refractivity contribution is 5.76. The molecule has 2 N–H and O–H groups in total. The Bertz CT molecular complexity index is 566. The second-order valence-electron chi connectivity index (χ2n) is 3.33. The van der Waals surface area contributed by atoms with Gasteiger partial charge in [-0.05, 0) is 18.2 Å². The van der Waals surface area contributed by atoms with Crippen molar-refractivity contribution in [1.82, 2.24) is 25.4 Å². The number of aromatic nitrogens is 5. The number of aromatic amines is 2. The van der Waals surface area contributed by atoms with Crippen LogP contribution in [-0.4, -0.2) is 25.4 Å². The van der Waals surface area contributed by atoms with E-state index in [9.17, 15) is 0 Å². The van der Waals surface area contributed by atoms with Crippen LogP contribution >= 0.6 is 0 Å². The summed E-state index contributed by atoms with van der Waals surface area (Å²) in [7, 11) is 0. The van der Waals surface area contributed by atoms with E-state index >= 15 is 0 Å². The summed E-state index contributed by atoms with van der Waals surface area (Å²) in [6.07, 6.45) is 4.25. The van der Waals surface area contributed by atoms with Crippen LogP contribution in [0.15, 0.2) is 30.6 Å². The van der Waals surface area contributed by atoms with Crippen LogP contribution in [0.1, 0.15) is 11.4 Å². The third kappa shape index (κ3) is 1.38. The summed E-state index contributed by atoms with van der Waals surface area (Å²) < 4.78 is 0. The molecule has 0 aliphatic carbocycles. The molecule has 0 saturated heterocycles. The number of rotatable bonds is 2. The van der Waals surface area contributed by atoms with Gasteiger partial charge in [0, 0.05) is 24.5 Å². The molecular formula is C10H9N5. The Morgan fingerprint density at radius 3 is 3.00 bits per heavy atom. The van der Waals surface area contributed by atoms with E-state index in [0.717, 1.165) is 28.8 Å². The molecule has 3 aromatic rings. The summed E-state index contributed by atoms with van der Waals surface area (Å²) in [5.41, 5.74) is 3.88. The zero-order valence-corrected chi connectivity index (χ0v) is 7.94. The van der Waals surface area contributed by atoms with Crippen LogP contribution in [0.4, 0.5) is 0 Å². The summed E-state index contributed by atoms with van der Waals surface area (Å²) in [5.74, 6) is 0. The van der Waals surface area contributed by atoms with E-state index in [-0.39, 0.29) is 0 Å². The maximum absolute atomic E-state index is 4.29. The Morgan fingerprint density at radius 1 is 1.13 bits per heavy atom. The van der Waals surface area contributed by atoms with Gasteiger partial charge in [0.25, 0.3) is 0 Å². The van der Waals surface area contributed by atoms with Gasteiger partial charge in [-0.3, -0.25) is 15.2 Å². The van der Waals surface area contributed by atoms with Crippen molar-refractivity contribution in [1.29, 1.82) is 0 Å². The van der Waals surface area contributed by atoms with E-state index in [0.29, 0.717) is 0 Å². The van der Waals surface area contributed by atoms with Crippen LogP contribution in [0.5, 0.6) is 0 Å². The van der Waals surface area contributed by atoms with Crippen LogP contribution in [-0.2, 0) is 6.42 Å². The van der Waals surface area contributed by atoms with Crippen molar-refractivity contribution in [2.24, 2.45) is 0 Å². The average Bonchev–Trinajstić information content (AvgIpc) is 2.89. The minimum absolute atomic E-state index is 0.744. The molecule has 3 aromatic heterocycles. The van der Waals surface area contributed by atoms with Crippen molar-refractivity contribution >= 4 is 11.0 Å². The van der Waals surface area contributed by atoms with Crippen LogP contribution in [0.2, 0.25) is 0 Å². The van der Waals surface area contributed by atoms with Gasteiger partial charge < -0.3 is 0 Å². The predicted molar refractivity (Wildman–Crippen MR) is 55.3 cm³/mol. The fourth-order valence-electron chi connectivity index (χ4n) is 1.60. The van der Waals surface area contributed by atoms with Crippen LogP contribution in [0, 0.1) is 0 Å². The molecule has 3 heterocycles. The lowest BCUT2D eigenvalue weighted by atomic mass is 10.2. The van der Waals surface area contributed by atoms with Gasteiger partial charge in [-0.2, -0.15) is 10.2 Å². The minimum atomic E-state index is 0.744. The lowest BCUT2D eigenvalue weighted by molar-refractivity contribution is 0.949. The van der Waals surface area contributed by atoms with E-state index in [1.807, 2.05) is 18.2 Å². The Morgan fingerprint density at radius 2 is 2.13 bits per heavy atom. The van der Waals surface area contributed by atoms with E-state index in [4.69, 9.17) is 0 Å². The molecule has 15 heavy (non-hydrogen) atoms. The predicted octanol–water partition coefficient (Wildman–Crippen LogP) is 1.27. The molecule has 0 aromatic carbocycles. The maximum atomic E-state index is 4.29. The van der Waals surface area contributed by atoms with Crippen molar-refractivity contribution in [2.75, 3.05) is 0 Å². The molecule has 5 heteroatoms. The van der Waals surface area contributed by atoms with Crippen molar-refractivity contribution in [3.63, 3.8) is 0 Å². The Kier molecular flexibility index (Phi) is 1.74. The van der Waals surface area contributed by atoms with Crippen molar-refractivity contribution in [3.8, 4) is 0 Å². The first kappa shape index (κ1) is 8.16. The molecule has 0 amide bonds. The number of pyridine rings is 1. The molecule has 0 spiro atoms. The van der Waals surface area contributed by atoms with E-state index in [1.165, 1.54) is 0 Å². The summed E-state index contributed by atoms with van der Waals surface area (Å²) in [6.45, 7) is 0. The van der Waals surface area contributed by atoms with Gasteiger partial charge in [0.05, 0.1) is 5.69 Å². The molecule has 0 saturated carbocycles. The number of H-pyrrole nitrogens is 2. The summed E-state index contributed by atoms with van der Waals surface area (Å²) >= 11 is 0. The topological polar surface area (TPSA) is 70.2 Å². The largest absolute Gasteiger partial charge is 0.282 e. The standard InChI is InChI=1S/C10H9N5/c1-2-8-10(11-4-1)9(15-14-8)6-7-3-5-12-13-7/h1-5H,6H2,(H,12,13)(H,14,15). The molecule has 0 atom stereocenters. The number of fused-ring (bicyclic) bond motifs is 1. The zero-order chi connectivity index (χ0) is 10.1. The van der Waals surface area contributed by atoms with Crippen molar-refractivity contribution in [2.45, 2.75) is 6.42 Å². The molecular weight excluding hydrogens is 190 g/mol. The third-order valence-electron chi connectivity index (χ3n) is 2.31. The highest BCUT2D eigenvalue weighted by Crippen LogP contribution is 2.14. The highest BCUT2D eigenvalue weighted by atomic mass is 15.1. The monoisotopic (exact) mass is 199 g/mol. The Hall–Kier alpha value is -2.17. The van der Waals surface area contributed by atoms with Gasteiger partial charge in [-0.15, -0.1) is 0 Å². The number of hydrogen-bond acceptors (Lipinski definition) is 3. The summed E-state index contributed by atoms with van der Waals surface area (Å²) in [4.78, 5) is 4.29. The molecule has 0 fully saturated rings. The summed E-state index contributed by atoms with van der Waals surface area (Å²) in [6, 6.07) is 5.76. The van der Waals surface area contributed by atoms with Gasteiger partial charge in [-0.25, -0.2) is 0 Å². The Labute approximate surface area is 85.5 Å². The van der Waals surface area contributed by atoms with Crippen LogP contribution in [0.3, 0.4) is 0 Å². The van der Waals surface area contributed by atoms with Crippen LogP contribution in [0.25, 0.3) is 11.0 Å². The molecule has 0 aliphatic heterocycles. The smallest absolute Gasteiger partial charge is 0.112 e. The lowest BCUT2D eigenvalue weighted by Gasteiger charge is -1.93. The van der Waals surface area contributed by atoms with Crippen molar-refractivity contribution < 1.29 is 0 Å². The molecule has 3 rings (SSSR count). The van der Waals surface area contributed by atoms with Gasteiger partial charge in [0.2, 0.25) is 0 Å². The lowest BCUT2D eigenvalue weighted by Crippen LogP contribution is -1.90. The first-order chi connectivity index (χ1) is 7.43. The molecule has 0 aliphatic rings. The van der Waals surface area contributed by atoms with Crippen LogP contribution < -0.4 is 0 Å². The molecule has 0 radical (unpaired) electrons. The second kappa shape index (κ2) is 3.20. The highest BCUT2D eigenvalue weighted by Gasteiger charge is 2.06. The molecule has 0 unspecified atom stereocenters. The van der Waals surface area contributed by atoms with Gasteiger partial charge in [-0.1, -0.05) is 0 Å². The van der Waals surface area contributed by atoms with E-state index in [1.54, 1.807) is 12.4 Å². The van der Waals surface area contributed by atoms with Crippen molar-refractivity contribution in [3.05, 3.63) is 42.0 Å². The first-order valence-electron chi connectivity index (χ1n) is 4.70. The van der Waals surface area contributed by atoms with E-state index < -0.39 is 0 Å². The quantitative estimate of drug-likeness (QED) is 0.653. The number of hydrogen-bond donors (Lipinski definition) is 2. The number of nitrogens with one attached hydrogen (secondary N) is 2. The Balaban J connectivity index is 2.05. The third-order valence-corrected chi connectivity index (χ3v) is 2.31. The zero-order valence-electron chi connectivity index (χ0n) is 7.94. The van der Waals surface area contributed by atoms with Gasteiger partial charge in [0.15, 0.2) is 0 Å². The fraction of sp³-hybridized carbons (Fsp3) is 0.100. The maximum Gasteiger partial charge on any atom is 0.112 e. The van der Waals surface area contributed by atoms with Gasteiger partial charge in [0.1, 0.15) is 11.0 Å². The average molecular weight is 199 g/mol. The molecule has 74 valence electrons. The van der Waals surface area contributed by atoms with E-state index in [2.05, 4.69) is 25.4 Å². The second-order valence-corrected chi connectivity index (χ2v) is 3.33.